The number of phosphoric acid groups is 1. The zero-order valence-electron chi connectivity index (χ0n) is 9.22. The Morgan fingerprint density at radius 2 is 1.80 bits per heavy atom. The molecular formula is C9H20NO4P. The number of nitrogens with one attached hydrogen (secondary N) is 1. The number of hydrogen-bond acceptors (Lipinski definition) is 3. The largest absolute Gasteiger partial charge is 0.469 e. The van der Waals surface area contributed by atoms with Crippen LogP contribution >= 0.6 is 7.82 Å². The fourth-order valence-electron chi connectivity index (χ4n) is 2.00. The van der Waals surface area contributed by atoms with Crippen molar-refractivity contribution < 1.29 is 18.9 Å². The molecule has 6 heteroatoms. The normalized spacial score (nSPS) is 28.3. The first kappa shape index (κ1) is 13.1. The summed E-state index contributed by atoms with van der Waals surface area (Å²) in [6.45, 7) is 4.19. The smallest absolute Gasteiger partial charge is 0.312 e. The molecule has 0 aromatic rings. The van der Waals surface area contributed by atoms with Crippen LogP contribution in [0.15, 0.2) is 0 Å². The van der Waals surface area contributed by atoms with E-state index in [4.69, 9.17) is 9.79 Å². The van der Waals surface area contributed by atoms with Gasteiger partial charge in [-0.1, -0.05) is 13.8 Å². The first-order valence-corrected chi connectivity index (χ1v) is 6.90. The van der Waals surface area contributed by atoms with Crippen LogP contribution in [-0.4, -0.2) is 28.0 Å². The Morgan fingerprint density at radius 1 is 1.27 bits per heavy atom. The summed E-state index contributed by atoms with van der Waals surface area (Å²) in [4.78, 5) is 17.3. The summed E-state index contributed by atoms with van der Waals surface area (Å²) in [7, 11) is -4.30. The Kier molecular flexibility index (Phi) is 4.74. The van der Waals surface area contributed by atoms with Crippen molar-refractivity contribution in [3.05, 3.63) is 0 Å². The number of phosphoric ester groups is 1. The third kappa shape index (κ3) is 5.64. The van der Waals surface area contributed by atoms with Crippen molar-refractivity contribution in [1.29, 1.82) is 0 Å². The van der Waals surface area contributed by atoms with Gasteiger partial charge in [-0.25, -0.2) is 4.57 Å². The molecule has 0 aromatic heterocycles. The third-order valence-corrected chi connectivity index (χ3v) is 3.10. The predicted molar refractivity (Wildman–Crippen MR) is 57.4 cm³/mol. The van der Waals surface area contributed by atoms with E-state index in [1.807, 2.05) is 0 Å². The second-order valence-electron chi connectivity index (χ2n) is 4.39. The highest BCUT2D eigenvalue weighted by molar-refractivity contribution is 7.46. The molecule has 0 bridgehead atoms. The maximum Gasteiger partial charge on any atom is 0.469 e. The Hall–Kier alpha value is 0.0700. The second kappa shape index (κ2) is 5.41. The lowest BCUT2D eigenvalue weighted by Gasteiger charge is -2.30. The molecule has 5 nitrogen and oxygen atoms in total. The van der Waals surface area contributed by atoms with E-state index < -0.39 is 7.82 Å². The molecular weight excluding hydrogens is 217 g/mol. The van der Waals surface area contributed by atoms with Gasteiger partial charge in [0.05, 0.1) is 6.10 Å². The van der Waals surface area contributed by atoms with E-state index in [1.165, 1.54) is 0 Å². The second-order valence-corrected chi connectivity index (χ2v) is 5.58. The van der Waals surface area contributed by atoms with Gasteiger partial charge in [-0.3, -0.25) is 4.52 Å². The average Bonchev–Trinajstić information content (AvgIpc) is 2.05. The molecule has 1 aliphatic rings. The predicted octanol–water partition coefficient (Wildman–Crippen LogP) is 1.40. The van der Waals surface area contributed by atoms with E-state index in [-0.39, 0.29) is 6.10 Å². The van der Waals surface area contributed by atoms with Gasteiger partial charge in [0.15, 0.2) is 0 Å². The average molecular weight is 237 g/mol. The Balaban J connectivity index is 2.27. The first-order chi connectivity index (χ1) is 6.87. The van der Waals surface area contributed by atoms with Crippen LogP contribution in [0.2, 0.25) is 0 Å². The van der Waals surface area contributed by atoms with Crippen molar-refractivity contribution in [2.45, 2.75) is 57.7 Å². The number of hydrogen-bond donors (Lipinski definition) is 3. The Bertz CT molecular complexity index is 232. The molecule has 15 heavy (non-hydrogen) atoms. The lowest BCUT2D eigenvalue weighted by atomic mass is 9.93. The van der Waals surface area contributed by atoms with Gasteiger partial charge in [-0.15, -0.1) is 0 Å². The highest BCUT2D eigenvalue weighted by Gasteiger charge is 2.27. The van der Waals surface area contributed by atoms with Gasteiger partial charge in [0.2, 0.25) is 0 Å². The van der Waals surface area contributed by atoms with Crippen molar-refractivity contribution in [2.75, 3.05) is 0 Å². The SMILES string of the molecule is CC(C)NC1CCC(OP(=O)(O)O)CC1. The summed E-state index contributed by atoms with van der Waals surface area (Å²) >= 11 is 0. The molecule has 0 saturated heterocycles. The summed E-state index contributed by atoms with van der Waals surface area (Å²) in [5.41, 5.74) is 0. The molecule has 0 radical (unpaired) electrons. The fraction of sp³-hybridized carbons (Fsp3) is 1.00. The van der Waals surface area contributed by atoms with Gasteiger partial charge in [-0.2, -0.15) is 0 Å². The Labute approximate surface area is 90.5 Å². The van der Waals surface area contributed by atoms with Gasteiger partial charge in [-0.05, 0) is 25.7 Å². The van der Waals surface area contributed by atoms with E-state index in [1.54, 1.807) is 0 Å². The zero-order valence-corrected chi connectivity index (χ0v) is 10.1. The maximum atomic E-state index is 10.6. The lowest BCUT2D eigenvalue weighted by Crippen LogP contribution is -2.38. The topological polar surface area (TPSA) is 78.8 Å². The lowest BCUT2D eigenvalue weighted by molar-refractivity contribution is 0.0942. The van der Waals surface area contributed by atoms with Gasteiger partial charge in [0.25, 0.3) is 0 Å². The van der Waals surface area contributed by atoms with Gasteiger partial charge < -0.3 is 15.1 Å². The molecule has 1 aliphatic carbocycles. The van der Waals surface area contributed by atoms with E-state index in [9.17, 15) is 4.57 Å². The molecule has 0 amide bonds. The molecule has 0 atom stereocenters. The minimum absolute atomic E-state index is 0.281. The molecule has 1 fully saturated rings. The molecule has 1 saturated carbocycles. The highest BCUT2D eigenvalue weighted by atomic mass is 31.2. The van der Waals surface area contributed by atoms with Crippen LogP contribution in [0, 0.1) is 0 Å². The molecule has 0 aliphatic heterocycles. The van der Waals surface area contributed by atoms with Crippen molar-refractivity contribution in [3.63, 3.8) is 0 Å². The molecule has 0 unspecified atom stereocenters. The van der Waals surface area contributed by atoms with Gasteiger partial charge in [0.1, 0.15) is 0 Å². The van der Waals surface area contributed by atoms with Crippen LogP contribution in [0.3, 0.4) is 0 Å². The van der Waals surface area contributed by atoms with Crippen LogP contribution in [0.5, 0.6) is 0 Å². The van der Waals surface area contributed by atoms with E-state index in [0.717, 1.165) is 25.7 Å². The van der Waals surface area contributed by atoms with Gasteiger partial charge >= 0.3 is 7.82 Å². The molecule has 0 aromatic carbocycles. The highest BCUT2D eigenvalue weighted by Crippen LogP contribution is 2.40. The zero-order chi connectivity index (χ0) is 11.5. The third-order valence-electron chi connectivity index (χ3n) is 2.53. The summed E-state index contributed by atoms with van der Waals surface area (Å²) < 4.78 is 15.3. The number of rotatable bonds is 4. The van der Waals surface area contributed by atoms with Crippen LogP contribution in [0.25, 0.3) is 0 Å². The van der Waals surface area contributed by atoms with Crippen LogP contribution in [0.4, 0.5) is 0 Å². The fourth-order valence-corrected chi connectivity index (χ4v) is 2.60. The summed E-state index contributed by atoms with van der Waals surface area (Å²) in [6, 6.07) is 0.913. The van der Waals surface area contributed by atoms with E-state index in [2.05, 4.69) is 23.7 Å². The van der Waals surface area contributed by atoms with Crippen LogP contribution in [-0.2, 0) is 9.09 Å². The molecule has 0 spiro atoms. The van der Waals surface area contributed by atoms with E-state index >= 15 is 0 Å². The molecule has 1 rings (SSSR count). The van der Waals surface area contributed by atoms with Crippen molar-refractivity contribution >= 4 is 7.82 Å². The van der Waals surface area contributed by atoms with Crippen LogP contribution < -0.4 is 5.32 Å². The minimum atomic E-state index is -4.30. The maximum absolute atomic E-state index is 10.6. The Morgan fingerprint density at radius 3 is 2.20 bits per heavy atom. The summed E-state index contributed by atoms with van der Waals surface area (Å²) in [5, 5.41) is 3.42. The van der Waals surface area contributed by atoms with Crippen molar-refractivity contribution in [3.8, 4) is 0 Å². The van der Waals surface area contributed by atoms with E-state index in [0.29, 0.717) is 12.1 Å². The van der Waals surface area contributed by atoms with Crippen molar-refractivity contribution in [1.82, 2.24) is 5.32 Å². The standard InChI is InChI=1S/C9H20NO4P/c1-7(2)10-8-3-5-9(6-4-8)14-15(11,12)13/h7-10H,3-6H2,1-2H3,(H2,11,12,13). The first-order valence-electron chi connectivity index (χ1n) is 5.37. The minimum Gasteiger partial charge on any atom is -0.312 e. The summed E-state index contributed by atoms with van der Waals surface area (Å²) in [5.74, 6) is 0. The van der Waals surface area contributed by atoms with Crippen LogP contribution in [0.1, 0.15) is 39.5 Å². The van der Waals surface area contributed by atoms with Crippen molar-refractivity contribution in [2.24, 2.45) is 0 Å². The molecule has 3 N–H and O–H groups in total. The molecule has 90 valence electrons. The summed E-state index contributed by atoms with van der Waals surface area (Å²) in [6.07, 6.45) is 2.99. The molecule has 0 heterocycles. The van der Waals surface area contributed by atoms with Gasteiger partial charge in [0, 0.05) is 12.1 Å². The quantitative estimate of drug-likeness (QED) is 0.644. The monoisotopic (exact) mass is 237 g/mol.